The van der Waals surface area contributed by atoms with E-state index in [-0.39, 0.29) is 17.8 Å². The van der Waals surface area contributed by atoms with Crippen molar-refractivity contribution in [2.45, 2.75) is 26.7 Å². The molecule has 0 atom stereocenters. The van der Waals surface area contributed by atoms with Gasteiger partial charge < -0.3 is 5.32 Å². The number of aryl methyl sites for hydroxylation is 1. The quantitative estimate of drug-likeness (QED) is 0.846. The van der Waals surface area contributed by atoms with Crippen molar-refractivity contribution >= 4 is 18.4 Å². The number of aliphatic imine (C=N–C) groups is 1. The van der Waals surface area contributed by atoms with Crippen LogP contribution >= 0.6 is 0 Å². The van der Waals surface area contributed by atoms with E-state index >= 15 is 0 Å². The highest BCUT2D eigenvalue weighted by atomic mass is 16.2. The molecule has 5 heteroatoms. The summed E-state index contributed by atoms with van der Waals surface area (Å²) in [5, 5.41) is 2.58. The number of rotatable bonds is 4. The van der Waals surface area contributed by atoms with Crippen LogP contribution in [0.5, 0.6) is 0 Å². The van der Waals surface area contributed by atoms with Gasteiger partial charge in [-0.2, -0.15) is 0 Å². The molecule has 0 aliphatic carbocycles. The van der Waals surface area contributed by atoms with Crippen LogP contribution in [0, 0.1) is 6.92 Å². The van der Waals surface area contributed by atoms with Crippen molar-refractivity contribution in [1.82, 2.24) is 10.3 Å². The summed E-state index contributed by atoms with van der Waals surface area (Å²) in [5.41, 5.74) is 2.48. The van der Waals surface area contributed by atoms with Crippen LogP contribution in [0.1, 0.15) is 31.0 Å². The smallest absolute Gasteiger partial charge is 0.327 e. The third kappa shape index (κ3) is 2.99. The van der Waals surface area contributed by atoms with Crippen molar-refractivity contribution < 1.29 is 4.79 Å². The molecule has 1 rings (SSSR count). The van der Waals surface area contributed by atoms with Crippen LogP contribution in [0.2, 0.25) is 0 Å². The van der Waals surface area contributed by atoms with E-state index in [4.69, 9.17) is 0 Å². The van der Waals surface area contributed by atoms with E-state index in [1.807, 2.05) is 26.8 Å². The first kappa shape index (κ1) is 14.9. The van der Waals surface area contributed by atoms with Gasteiger partial charge in [-0.25, -0.2) is 14.7 Å². The lowest BCUT2D eigenvalue weighted by molar-refractivity contribution is 0.249. The van der Waals surface area contributed by atoms with Crippen LogP contribution in [0.4, 0.5) is 10.5 Å². The summed E-state index contributed by atoms with van der Waals surface area (Å²) in [6, 6.07) is 1.54. The average Bonchev–Trinajstić information content (AvgIpc) is 2.39. The Morgan fingerprint density at radius 1 is 1.53 bits per heavy atom. The van der Waals surface area contributed by atoms with Crippen molar-refractivity contribution in [1.29, 1.82) is 0 Å². The predicted octanol–water partition coefficient (Wildman–Crippen LogP) is 2.83. The largest absolute Gasteiger partial charge is 0.340 e. The lowest BCUT2D eigenvalue weighted by atomic mass is 10.0. The molecule has 0 aliphatic heterocycles. The highest BCUT2D eigenvalue weighted by Gasteiger charge is 2.24. The molecule has 2 amide bonds. The molecule has 1 heterocycles. The molecule has 0 saturated heterocycles. The monoisotopic (exact) mass is 260 g/mol. The summed E-state index contributed by atoms with van der Waals surface area (Å²) in [7, 11) is 1.56. The van der Waals surface area contributed by atoms with Gasteiger partial charge >= 0.3 is 6.03 Å². The van der Waals surface area contributed by atoms with Gasteiger partial charge in [0.15, 0.2) is 0 Å². The number of hydrogen-bond acceptors (Lipinski definition) is 3. The van der Waals surface area contributed by atoms with Crippen LogP contribution < -0.4 is 10.2 Å². The first-order valence-electron chi connectivity index (χ1n) is 6.07. The topological polar surface area (TPSA) is 57.6 Å². The van der Waals surface area contributed by atoms with Gasteiger partial charge in [-0.1, -0.05) is 20.4 Å². The molecule has 0 fully saturated rings. The van der Waals surface area contributed by atoms with Crippen molar-refractivity contribution in [3.63, 3.8) is 0 Å². The van der Waals surface area contributed by atoms with E-state index in [0.29, 0.717) is 5.69 Å². The highest BCUT2D eigenvalue weighted by molar-refractivity contribution is 5.96. The SMILES string of the molecule is C=NC(=C)N(C(=O)NC)c1c(C)ccnc1C(C)C. The number of anilines is 1. The van der Waals surface area contributed by atoms with Gasteiger partial charge in [-0.15, -0.1) is 0 Å². The van der Waals surface area contributed by atoms with Gasteiger partial charge in [0.1, 0.15) is 5.82 Å². The van der Waals surface area contributed by atoms with E-state index in [2.05, 4.69) is 28.6 Å². The summed E-state index contributed by atoms with van der Waals surface area (Å²) >= 11 is 0. The molecule has 0 spiro atoms. The second kappa shape index (κ2) is 6.13. The molecule has 5 nitrogen and oxygen atoms in total. The van der Waals surface area contributed by atoms with Gasteiger partial charge in [-0.3, -0.25) is 4.98 Å². The number of carbonyl (C=O) groups excluding carboxylic acids is 1. The van der Waals surface area contributed by atoms with Gasteiger partial charge in [0.05, 0.1) is 11.4 Å². The van der Waals surface area contributed by atoms with E-state index in [1.54, 1.807) is 13.2 Å². The molecule has 1 N–H and O–H groups in total. The number of nitrogens with one attached hydrogen (secondary N) is 1. The molecule has 0 bridgehead atoms. The summed E-state index contributed by atoms with van der Waals surface area (Å²) in [6.45, 7) is 13.2. The molecule has 0 radical (unpaired) electrons. The Kier molecular flexibility index (Phi) is 4.80. The van der Waals surface area contributed by atoms with Crippen molar-refractivity contribution in [3.05, 3.63) is 35.9 Å². The number of carbonyl (C=O) groups is 1. The van der Waals surface area contributed by atoms with Gasteiger partial charge in [-0.05, 0) is 31.2 Å². The zero-order chi connectivity index (χ0) is 14.6. The third-order valence-corrected chi connectivity index (χ3v) is 2.78. The Balaban J connectivity index is 3.49. The molecule has 0 unspecified atom stereocenters. The minimum Gasteiger partial charge on any atom is -0.340 e. The number of urea groups is 1. The maximum Gasteiger partial charge on any atom is 0.327 e. The van der Waals surface area contributed by atoms with Crippen molar-refractivity contribution in [2.24, 2.45) is 4.99 Å². The number of aromatic nitrogens is 1. The van der Waals surface area contributed by atoms with Crippen LogP contribution in [0.3, 0.4) is 0 Å². The average molecular weight is 260 g/mol. The number of hydrogen-bond donors (Lipinski definition) is 1. The molecular weight excluding hydrogens is 240 g/mol. The Bertz CT molecular complexity index is 508. The summed E-state index contributed by atoms with van der Waals surface area (Å²) in [5.74, 6) is 0.456. The maximum absolute atomic E-state index is 12.1. The van der Waals surface area contributed by atoms with Crippen LogP contribution in [-0.4, -0.2) is 24.8 Å². The molecule has 0 aromatic carbocycles. The van der Waals surface area contributed by atoms with Gasteiger partial charge in [0.2, 0.25) is 0 Å². The normalized spacial score (nSPS) is 10.2. The standard InChI is InChI=1S/C14H20N4O/c1-9(2)12-13(10(3)7-8-17-12)18(11(4)15-5)14(19)16-6/h7-9H,4-5H2,1-3,6H3,(H,16,19). The molecule has 0 aliphatic rings. The second-order valence-corrected chi connectivity index (χ2v) is 4.48. The summed E-state index contributed by atoms with van der Waals surface area (Å²) in [4.78, 5) is 21.6. The fourth-order valence-electron chi connectivity index (χ4n) is 1.82. The van der Waals surface area contributed by atoms with Gasteiger partial charge in [0, 0.05) is 13.2 Å². The van der Waals surface area contributed by atoms with Crippen molar-refractivity contribution in [2.75, 3.05) is 11.9 Å². The van der Waals surface area contributed by atoms with E-state index in [1.165, 1.54) is 4.90 Å². The third-order valence-electron chi connectivity index (χ3n) is 2.78. The Morgan fingerprint density at radius 3 is 2.63 bits per heavy atom. The molecule has 102 valence electrons. The summed E-state index contributed by atoms with van der Waals surface area (Å²) < 4.78 is 0. The fraction of sp³-hybridized carbons (Fsp3) is 0.357. The molecule has 0 saturated carbocycles. The molecule has 1 aromatic rings. The second-order valence-electron chi connectivity index (χ2n) is 4.48. The zero-order valence-electron chi connectivity index (χ0n) is 11.9. The zero-order valence-corrected chi connectivity index (χ0v) is 11.9. The fourth-order valence-corrected chi connectivity index (χ4v) is 1.82. The Hall–Kier alpha value is -2.17. The van der Waals surface area contributed by atoms with Crippen LogP contribution in [0.15, 0.2) is 29.7 Å². The summed E-state index contributed by atoms with van der Waals surface area (Å²) in [6.07, 6.45) is 1.74. The van der Waals surface area contributed by atoms with Crippen LogP contribution in [-0.2, 0) is 0 Å². The van der Waals surface area contributed by atoms with E-state index in [0.717, 1.165) is 11.3 Å². The van der Waals surface area contributed by atoms with Crippen LogP contribution in [0.25, 0.3) is 0 Å². The molecule has 19 heavy (non-hydrogen) atoms. The van der Waals surface area contributed by atoms with E-state index in [9.17, 15) is 4.79 Å². The lowest BCUT2D eigenvalue weighted by Crippen LogP contribution is -2.38. The number of amides is 2. The first-order chi connectivity index (χ1) is 8.93. The Morgan fingerprint density at radius 2 is 2.16 bits per heavy atom. The highest BCUT2D eigenvalue weighted by Crippen LogP contribution is 2.31. The lowest BCUT2D eigenvalue weighted by Gasteiger charge is -2.26. The van der Waals surface area contributed by atoms with Gasteiger partial charge in [0.25, 0.3) is 0 Å². The molecule has 1 aromatic heterocycles. The maximum atomic E-state index is 12.1. The van der Waals surface area contributed by atoms with Crippen molar-refractivity contribution in [3.8, 4) is 0 Å². The Labute approximate surface area is 114 Å². The number of nitrogens with zero attached hydrogens (tertiary/aromatic N) is 3. The molecular formula is C14H20N4O. The minimum atomic E-state index is -0.310. The first-order valence-corrected chi connectivity index (χ1v) is 6.07. The van der Waals surface area contributed by atoms with E-state index < -0.39 is 0 Å². The number of pyridine rings is 1. The minimum absolute atomic E-state index is 0.180. The predicted molar refractivity (Wildman–Crippen MR) is 78.7 cm³/mol.